The first kappa shape index (κ1) is 22.8. The van der Waals surface area contributed by atoms with Crippen molar-refractivity contribution in [3.63, 3.8) is 0 Å². The Hall–Kier alpha value is -2.42. The van der Waals surface area contributed by atoms with E-state index < -0.39 is 0 Å². The molecule has 3 aromatic rings. The summed E-state index contributed by atoms with van der Waals surface area (Å²) in [7, 11) is 0. The highest BCUT2D eigenvalue weighted by molar-refractivity contribution is 7.99. The SMILES string of the molecule is Cc1ccc(-c2nnc(SCC(=O)N3CCN(Cc4c(F)cccc4Cl)CC3)o2)cc1C. The normalized spacial score (nSPS) is 14.7. The van der Waals surface area contributed by atoms with E-state index in [0.29, 0.717) is 54.4 Å². The Morgan fingerprint density at radius 3 is 2.62 bits per heavy atom. The van der Waals surface area contributed by atoms with E-state index >= 15 is 0 Å². The Bertz CT molecular complexity index is 1090. The molecule has 0 bridgehead atoms. The van der Waals surface area contributed by atoms with Crippen LogP contribution in [0.2, 0.25) is 5.02 Å². The van der Waals surface area contributed by atoms with Crippen LogP contribution in [0.3, 0.4) is 0 Å². The number of thioether (sulfide) groups is 1. The van der Waals surface area contributed by atoms with Crippen molar-refractivity contribution >= 4 is 29.3 Å². The second-order valence-electron chi connectivity index (χ2n) is 7.82. The molecule has 6 nitrogen and oxygen atoms in total. The lowest BCUT2D eigenvalue weighted by molar-refractivity contribution is -0.130. The van der Waals surface area contributed by atoms with Crippen LogP contribution >= 0.6 is 23.4 Å². The predicted molar refractivity (Wildman–Crippen MR) is 123 cm³/mol. The summed E-state index contributed by atoms with van der Waals surface area (Å²) >= 11 is 7.37. The molecule has 0 atom stereocenters. The van der Waals surface area contributed by atoms with Crippen LogP contribution < -0.4 is 0 Å². The Balaban J connectivity index is 1.27. The van der Waals surface area contributed by atoms with E-state index in [1.54, 1.807) is 12.1 Å². The summed E-state index contributed by atoms with van der Waals surface area (Å²) in [5, 5.41) is 8.96. The van der Waals surface area contributed by atoms with Gasteiger partial charge in [-0.3, -0.25) is 9.69 Å². The molecule has 168 valence electrons. The largest absolute Gasteiger partial charge is 0.411 e. The molecule has 0 spiro atoms. The number of benzene rings is 2. The van der Waals surface area contributed by atoms with Crippen molar-refractivity contribution < 1.29 is 13.6 Å². The van der Waals surface area contributed by atoms with Crippen molar-refractivity contribution in [3.8, 4) is 11.5 Å². The number of aryl methyl sites for hydroxylation is 2. The van der Waals surface area contributed by atoms with Gasteiger partial charge in [0, 0.05) is 48.9 Å². The third kappa shape index (κ3) is 5.31. The molecular weight excluding hydrogens is 451 g/mol. The number of halogens is 2. The van der Waals surface area contributed by atoms with Gasteiger partial charge in [0.05, 0.1) is 5.75 Å². The molecule has 1 aliphatic rings. The number of carbonyl (C=O) groups excluding carboxylic acids is 1. The highest BCUT2D eigenvalue weighted by Crippen LogP contribution is 2.25. The number of aromatic nitrogens is 2. The van der Waals surface area contributed by atoms with Crippen LogP contribution in [0, 0.1) is 19.7 Å². The average Bonchev–Trinajstić information content (AvgIpc) is 3.26. The Labute approximate surface area is 195 Å². The van der Waals surface area contributed by atoms with Crippen LogP contribution in [0.5, 0.6) is 0 Å². The third-order valence-electron chi connectivity index (χ3n) is 5.65. The van der Waals surface area contributed by atoms with Crippen molar-refractivity contribution in [3.05, 3.63) is 63.9 Å². The minimum atomic E-state index is -0.299. The van der Waals surface area contributed by atoms with E-state index in [9.17, 15) is 9.18 Å². The highest BCUT2D eigenvalue weighted by Gasteiger charge is 2.23. The number of piperazine rings is 1. The lowest BCUT2D eigenvalue weighted by Crippen LogP contribution is -2.48. The van der Waals surface area contributed by atoms with E-state index in [2.05, 4.69) is 22.0 Å². The van der Waals surface area contributed by atoms with Gasteiger partial charge in [0.2, 0.25) is 11.8 Å². The number of nitrogens with zero attached hydrogens (tertiary/aromatic N) is 4. The average molecular weight is 475 g/mol. The Kier molecular flexibility index (Phi) is 7.13. The van der Waals surface area contributed by atoms with Gasteiger partial charge in [0.15, 0.2) is 0 Å². The van der Waals surface area contributed by atoms with Crippen molar-refractivity contribution in [1.29, 1.82) is 0 Å². The molecule has 1 aromatic heterocycles. The highest BCUT2D eigenvalue weighted by atomic mass is 35.5. The molecule has 0 aliphatic carbocycles. The van der Waals surface area contributed by atoms with Crippen LogP contribution in [0.15, 0.2) is 46.0 Å². The zero-order chi connectivity index (χ0) is 22.7. The molecule has 1 amide bonds. The Morgan fingerprint density at radius 1 is 1.12 bits per heavy atom. The van der Waals surface area contributed by atoms with Gasteiger partial charge in [-0.15, -0.1) is 10.2 Å². The van der Waals surface area contributed by atoms with Crippen LogP contribution in [-0.4, -0.2) is 57.8 Å². The topological polar surface area (TPSA) is 62.5 Å². The van der Waals surface area contributed by atoms with Gasteiger partial charge in [-0.25, -0.2) is 4.39 Å². The molecular formula is C23H24ClFN4O2S. The molecule has 1 fully saturated rings. The maximum absolute atomic E-state index is 14.0. The smallest absolute Gasteiger partial charge is 0.277 e. The summed E-state index contributed by atoms with van der Waals surface area (Å²) in [6.07, 6.45) is 0. The molecule has 0 N–H and O–H groups in total. The van der Waals surface area contributed by atoms with Crippen LogP contribution in [0.4, 0.5) is 4.39 Å². The van der Waals surface area contributed by atoms with Gasteiger partial charge in [0.1, 0.15) is 5.82 Å². The van der Waals surface area contributed by atoms with Gasteiger partial charge in [-0.2, -0.15) is 0 Å². The molecule has 1 saturated heterocycles. The van der Waals surface area contributed by atoms with Crippen molar-refractivity contribution in [2.24, 2.45) is 0 Å². The van der Waals surface area contributed by atoms with E-state index in [-0.39, 0.29) is 17.5 Å². The van der Waals surface area contributed by atoms with Crippen molar-refractivity contribution in [1.82, 2.24) is 20.0 Å². The number of carbonyl (C=O) groups is 1. The van der Waals surface area contributed by atoms with Gasteiger partial charge in [0.25, 0.3) is 5.22 Å². The van der Waals surface area contributed by atoms with Gasteiger partial charge < -0.3 is 9.32 Å². The van der Waals surface area contributed by atoms with Crippen molar-refractivity contribution in [2.45, 2.75) is 25.6 Å². The monoisotopic (exact) mass is 474 g/mol. The third-order valence-corrected chi connectivity index (χ3v) is 6.81. The first-order valence-electron chi connectivity index (χ1n) is 10.4. The zero-order valence-corrected chi connectivity index (χ0v) is 19.5. The van der Waals surface area contributed by atoms with Gasteiger partial charge >= 0.3 is 0 Å². The number of amides is 1. The summed E-state index contributed by atoms with van der Waals surface area (Å²) in [5.41, 5.74) is 3.72. The summed E-state index contributed by atoms with van der Waals surface area (Å²) in [5.74, 6) is 0.397. The fraction of sp³-hybridized carbons (Fsp3) is 0.348. The van der Waals surface area contributed by atoms with Gasteiger partial charge in [-0.05, 0) is 49.2 Å². The van der Waals surface area contributed by atoms with Crippen LogP contribution in [0.1, 0.15) is 16.7 Å². The standard InChI is InChI=1S/C23H24ClFN4O2S/c1-15-6-7-17(12-16(15)2)22-26-27-23(31-22)32-14-21(30)29-10-8-28(9-11-29)13-18-19(24)4-3-5-20(18)25/h3-7,12H,8-11,13-14H2,1-2H3. The molecule has 4 rings (SSSR count). The Morgan fingerprint density at radius 2 is 1.91 bits per heavy atom. The van der Waals surface area contributed by atoms with Crippen LogP contribution in [0.25, 0.3) is 11.5 Å². The molecule has 0 unspecified atom stereocenters. The predicted octanol–water partition coefficient (Wildman–Crippen LogP) is 4.58. The number of hydrogen-bond donors (Lipinski definition) is 0. The fourth-order valence-electron chi connectivity index (χ4n) is 3.54. The first-order chi connectivity index (χ1) is 15.4. The van der Waals surface area contributed by atoms with E-state index in [0.717, 1.165) is 11.1 Å². The molecule has 0 saturated carbocycles. The lowest BCUT2D eigenvalue weighted by atomic mass is 10.1. The second-order valence-corrected chi connectivity index (χ2v) is 9.15. The lowest BCUT2D eigenvalue weighted by Gasteiger charge is -2.34. The molecule has 2 heterocycles. The quantitative estimate of drug-likeness (QED) is 0.487. The van der Waals surface area contributed by atoms with E-state index in [4.69, 9.17) is 16.0 Å². The maximum Gasteiger partial charge on any atom is 0.277 e. The van der Waals surface area contributed by atoms with Gasteiger partial charge in [-0.1, -0.05) is 35.5 Å². The first-order valence-corrected chi connectivity index (χ1v) is 11.7. The fourth-order valence-corrected chi connectivity index (χ4v) is 4.43. The zero-order valence-electron chi connectivity index (χ0n) is 18.0. The van der Waals surface area contributed by atoms with Crippen LogP contribution in [-0.2, 0) is 11.3 Å². The summed E-state index contributed by atoms with van der Waals surface area (Å²) < 4.78 is 19.7. The summed E-state index contributed by atoms with van der Waals surface area (Å²) in [4.78, 5) is 16.5. The summed E-state index contributed by atoms with van der Waals surface area (Å²) in [6, 6.07) is 10.7. The number of rotatable bonds is 6. The molecule has 0 radical (unpaired) electrons. The minimum absolute atomic E-state index is 0.0181. The number of hydrogen-bond acceptors (Lipinski definition) is 6. The summed E-state index contributed by atoms with van der Waals surface area (Å²) in [6.45, 7) is 7.03. The minimum Gasteiger partial charge on any atom is -0.411 e. The van der Waals surface area contributed by atoms with E-state index in [1.807, 2.05) is 30.0 Å². The molecule has 2 aromatic carbocycles. The maximum atomic E-state index is 14.0. The van der Waals surface area contributed by atoms with E-state index in [1.165, 1.54) is 23.4 Å². The molecule has 1 aliphatic heterocycles. The second kappa shape index (κ2) is 10.0. The van der Waals surface area contributed by atoms with Crippen molar-refractivity contribution in [2.75, 3.05) is 31.9 Å². The molecule has 9 heteroatoms. The molecule has 32 heavy (non-hydrogen) atoms.